The van der Waals surface area contributed by atoms with Gasteiger partial charge in [0.1, 0.15) is 16.8 Å². The van der Waals surface area contributed by atoms with Crippen molar-refractivity contribution in [2.45, 2.75) is 4.90 Å². The van der Waals surface area contributed by atoms with Crippen LogP contribution in [0.1, 0.15) is 0 Å². The zero-order valence-electron chi connectivity index (χ0n) is 13.8. The number of nitrogens with zero attached hydrogens (tertiary/aromatic N) is 1. The smallest absolute Gasteiger partial charge is 0.220 e. The van der Waals surface area contributed by atoms with Gasteiger partial charge >= 0.3 is 0 Å². The average Bonchev–Trinajstić information content (AvgIpc) is 2.61. The van der Waals surface area contributed by atoms with E-state index in [0.717, 1.165) is 11.8 Å². The lowest BCUT2D eigenvalue weighted by molar-refractivity contribution is 0.415. The van der Waals surface area contributed by atoms with Gasteiger partial charge in [-0.2, -0.15) is 5.26 Å². The minimum Gasteiger partial charge on any atom is -0.497 e. The van der Waals surface area contributed by atoms with Crippen LogP contribution >= 0.6 is 35.0 Å². The average molecular weight is 429 g/mol. The fourth-order valence-corrected chi connectivity index (χ4v) is 5.01. The number of rotatable bonds is 6. The highest BCUT2D eigenvalue weighted by Crippen LogP contribution is 2.33. The molecule has 2 aromatic carbocycles. The zero-order valence-corrected chi connectivity index (χ0v) is 16.9. The Bertz CT molecular complexity index is 999. The SMILES string of the molecule is COc1cccc(N/C(SC)=C(/C#N)S(=O)(=O)c2ccc(Cl)cc2Cl)c1. The number of sulfone groups is 1. The van der Waals surface area contributed by atoms with Crippen molar-refractivity contribution >= 4 is 50.5 Å². The van der Waals surface area contributed by atoms with Crippen LogP contribution in [0.2, 0.25) is 10.0 Å². The molecule has 2 aromatic rings. The molecular weight excluding hydrogens is 415 g/mol. The van der Waals surface area contributed by atoms with Gasteiger partial charge in [0.2, 0.25) is 9.84 Å². The van der Waals surface area contributed by atoms with E-state index in [9.17, 15) is 13.7 Å². The van der Waals surface area contributed by atoms with E-state index in [1.54, 1.807) is 36.6 Å². The van der Waals surface area contributed by atoms with Gasteiger partial charge in [-0.25, -0.2) is 8.42 Å². The van der Waals surface area contributed by atoms with E-state index < -0.39 is 14.7 Å². The molecule has 9 heteroatoms. The Balaban J connectivity index is 2.55. The van der Waals surface area contributed by atoms with Crippen LogP contribution in [-0.4, -0.2) is 21.8 Å². The molecule has 0 unspecified atom stereocenters. The quantitative estimate of drug-likeness (QED) is 0.655. The first-order valence-electron chi connectivity index (χ1n) is 7.13. The number of ether oxygens (including phenoxy) is 1. The first kappa shape index (κ1) is 20.5. The monoisotopic (exact) mass is 428 g/mol. The molecule has 2 rings (SSSR count). The standard InChI is InChI=1S/C17H14Cl2N2O3S2/c1-24-13-5-3-4-12(9-13)21-17(25-2)16(10-20)26(22,23)15-7-6-11(18)8-14(15)19/h3-9,21H,1-2H3/b17-16+. The van der Waals surface area contributed by atoms with Crippen LogP contribution in [0.25, 0.3) is 0 Å². The molecule has 0 atom stereocenters. The maximum Gasteiger partial charge on any atom is 0.220 e. The van der Waals surface area contributed by atoms with Crippen LogP contribution in [0, 0.1) is 11.3 Å². The molecule has 0 bridgehead atoms. The fraction of sp³-hybridized carbons (Fsp3) is 0.118. The molecular formula is C17H14Cl2N2O3S2. The van der Waals surface area contributed by atoms with E-state index in [1.807, 2.05) is 0 Å². The van der Waals surface area contributed by atoms with E-state index >= 15 is 0 Å². The van der Waals surface area contributed by atoms with E-state index in [0.29, 0.717) is 16.5 Å². The van der Waals surface area contributed by atoms with Crippen molar-refractivity contribution in [2.75, 3.05) is 18.7 Å². The molecule has 0 aliphatic heterocycles. The van der Waals surface area contributed by atoms with Gasteiger partial charge in [-0.15, -0.1) is 11.8 Å². The molecule has 0 radical (unpaired) electrons. The lowest BCUT2D eigenvalue weighted by atomic mass is 10.3. The lowest BCUT2D eigenvalue weighted by Crippen LogP contribution is -2.10. The molecule has 136 valence electrons. The third-order valence-corrected chi connectivity index (χ3v) is 6.56. The summed E-state index contributed by atoms with van der Waals surface area (Å²) in [5.74, 6) is 0.595. The highest BCUT2D eigenvalue weighted by molar-refractivity contribution is 8.04. The number of methoxy groups -OCH3 is 1. The Kier molecular flexibility index (Phi) is 6.84. The van der Waals surface area contributed by atoms with Gasteiger partial charge in [0.15, 0.2) is 4.91 Å². The van der Waals surface area contributed by atoms with Gasteiger partial charge in [0.05, 0.1) is 17.0 Å². The summed E-state index contributed by atoms with van der Waals surface area (Å²) in [6, 6.07) is 12.7. The number of nitriles is 1. The summed E-state index contributed by atoms with van der Waals surface area (Å²) in [7, 11) is -2.61. The van der Waals surface area contributed by atoms with Gasteiger partial charge in [-0.3, -0.25) is 0 Å². The summed E-state index contributed by atoms with van der Waals surface area (Å²) in [5.41, 5.74) is 0.582. The van der Waals surface area contributed by atoms with E-state index in [-0.39, 0.29) is 14.9 Å². The first-order chi connectivity index (χ1) is 12.3. The maximum absolute atomic E-state index is 12.9. The number of benzene rings is 2. The van der Waals surface area contributed by atoms with Gasteiger partial charge in [-0.1, -0.05) is 29.3 Å². The number of hydrogen-bond acceptors (Lipinski definition) is 6. The number of thioether (sulfide) groups is 1. The Labute approximate surface area is 166 Å². The molecule has 1 N–H and O–H groups in total. The number of halogens is 2. The van der Waals surface area contributed by atoms with Crippen LogP contribution in [0.3, 0.4) is 0 Å². The third-order valence-electron chi connectivity index (χ3n) is 3.29. The van der Waals surface area contributed by atoms with E-state index in [1.165, 1.54) is 25.3 Å². The second kappa shape index (κ2) is 8.69. The van der Waals surface area contributed by atoms with Crippen molar-refractivity contribution in [1.29, 1.82) is 5.26 Å². The predicted octanol–water partition coefficient (Wildman–Crippen LogP) is 4.94. The number of hydrogen-bond donors (Lipinski definition) is 1. The Morgan fingerprint density at radius 3 is 2.54 bits per heavy atom. The van der Waals surface area contributed by atoms with Crippen LogP contribution in [0.15, 0.2) is 57.3 Å². The van der Waals surface area contributed by atoms with Gasteiger partial charge in [0.25, 0.3) is 0 Å². The predicted molar refractivity (Wildman–Crippen MR) is 106 cm³/mol. The molecule has 26 heavy (non-hydrogen) atoms. The molecule has 0 fully saturated rings. The zero-order chi connectivity index (χ0) is 19.3. The summed E-state index contributed by atoms with van der Waals surface area (Å²) in [4.78, 5) is -0.615. The van der Waals surface area contributed by atoms with Crippen molar-refractivity contribution in [1.82, 2.24) is 0 Å². The van der Waals surface area contributed by atoms with Crippen LogP contribution in [0.4, 0.5) is 5.69 Å². The second-order valence-electron chi connectivity index (χ2n) is 4.91. The van der Waals surface area contributed by atoms with Crippen LogP contribution in [-0.2, 0) is 9.84 Å². The van der Waals surface area contributed by atoms with Gasteiger partial charge < -0.3 is 10.1 Å². The summed E-state index contributed by atoms with van der Waals surface area (Å²) >= 11 is 12.9. The van der Waals surface area contributed by atoms with Crippen LogP contribution in [0.5, 0.6) is 5.75 Å². The highest BCUT2D eigenvalue weighted by Gasteiger charge is 2.27. The van der Waals surface area contributed by atoms with Crippen molar-refractivity contribution < 1.29 is 13.2 Å². The third kappa shape index (κ3) is 4.46. The number of nitrogens with one attached hydrogen (secondary N) is 1. The van der Waals surface area contributed by atoms with E-state index in [4.69, 9.17) is 27.9 Å². The van der Waals surface area contributed by atoms with Gasteiger partial charge in [-0.05, 0) is 36.6 Å². The first-order valence-corrected chi connectivity index (χ1v) is 10.6. The van der Waals surface area contributed by atoms with Crippen molar-refractivity contribution in [3.63, 3.8) is 0 Å². The Hall–Kier alpha value is -1.85. The number of anilines is 1. The number of allylic oxidation sites excluding steroid dienone is 1. The summed E-state index contributed by atoms with van der Waals surface area (Å²) in [6.45, 7) is 0. The van der Waals surface area contributed by atoms with Crippen molar-refractivity contribution in [3.8, 4) is 11.8 Å². The van der Waals surface area contributed by atoms with E-state index in [2.05, 4.69) is 5.32 Å². The largest absolute Gasteiger partial charge is 0.497 e. The molecule has 0 spiro atoms. The summed E-state index contributed by atoms with van der Waals surface area (Å²) in [5, 5.41) is 12.9. The molecule has 0 saturated heterocycles. The summed E-state index contributed by atoms with van der Waals surface area (Å²) in [6.07, 6.45) is 1.67. The van der Waals surface area contributed by atoms with Crippen molar-refractivity contribution in [3.05, 3.63) is 62.4 Å². The Morgan fingerprint density at radius 2 is 1.96 bits per heavy atom. The molecule has 0 heterocycles. The molecule has 0 aliphatic carbocycles. The van der Waals surface area contributed by atoms with Crippen LogP contribution < -0.4 is 10.1 Å². The molecule has 0 amide bonds. The minimum atomic E-state index is -4.13. The van der Waals surface area contributed by atoms with Gasteiger partial charge in [0, 0.05) is 16.8 Å². The molecule has 0 aliphatic rings. The summed E-state index contributed by atoms with van der Waals surface area (Å²) < 4.78 is 31.0. The molecule has 5 nitrogen and oxygen atoms in total. The maximum atomic E-state index is 12.9. The topological polar surface area (TPSA) is 79.2 Å². The fourth-order valence-electron chi connectivity index (χ4n) is 2.07. The minimum absolute atomic E-state index is 0.0490. The van der Waals surface area contributed by atoms with Crippen molar-refractivity contribution in [2.24, 2.45) is 0 Å². The Morgan fingerprint density at radius 1 is 1.23 bits per heavy atom. The molecule has 0 aromatic heterocycles. The lowest BCUT2D eigenvalue weighted by Gasteiger charge is -2.13. The second-order valence-corrected chi connectivity index (χ2v) is 8.42. The highest BCUT2D eigenvalue weighted by atomic mass is 35.5. The molecule has 0 saturated carbocycles. The normalized spacial score (nSPS) is 12.1.